The van der Waals surface area contributed by atoms with Crippen molar-refractivity contribution >= 4 is 26.7 Å². The van der Waals surface area contributed by atoms with Crippen molar-refractivity contribution in [1.29, 1.82) is 0 Å². The monoisotopic (exact) mass is 430 g/mol. The van der Waals surface area contributed by atoms with E-state index < -0.39 is 10.0 Å². The molecule has 1 unspecified atom stereocenters. The van der Waals surface area contributed by atoms with Gasteiger partial charge in [0, 0.05) is 32.1 Å². The highest BCUT2D eigenvalue weighted by atomic mass is 32.2. The summed E-state index contributed by atoms with van der Waals surface area (Å²) < 4.78 is 33.6. The molecule has 2 aromatic carbocycles. The molecule has 0 saturated carbocycles. The molecule has 1 amide bonds. The molecule has 0 radical (unpaired) electrons. The van der Waals surface area contributed by atoms with Gasteiger partial charge in [0.2, 0.25) is 15.9 Å². The zero-order chi connectivity index (χ0) is 21.3. The number of hydrogen-bond acceptors (Lipinski definition) is 4. The molecule has 30 heavy (non-hydrogen) atoms. The van der Waals surface area contributed by atoms with Crippen LogP contribution in [0.25, 0.3) is 10.8 Å². The summed E-state index contributed by atoms with van der Waals surface area (Å²) in [4.78, 5) is 15.2. The summed E-state index contributed by atoms with van der Waals surface area (Å²) in [6.45, 7) is 6.80. The molecule has 2 heterocycles. The number of sulfonamides is 1. The number of carbonyl (C=O) groups is 1. The number of carbonyl (C=O) groups excluding carboxylic acids is 1. The Bertz CT molecular complexity index is 1010. The second-order valence-electron chi connectivity index (χ2n) is 8.62. The van der Waals surface area contributed by atoms with Gasteiger partial charge in [-0.1, -0.05) is 44.2 Å². The summed E-state index contributed by atoms with van der Waals surface area (Å²) >= 11 is 0. The van der Waals surface area contributed by atoms with Gasteiger partial charge in [0.15, 0.2) is 0 Å². The van der Waals surface area contributed by atoms with E-state index in [9.17, 15) is 13.2 Å². The highest BCUT2D eigenvalue weighted by Gasteiger charge is 2.35. The lowest BCUT2D eigenvalue weighted by molar-refractivity contribution is -0.145. The van der Waals surface area contributed by atoms with Crippen LogP contribution in [-0.2, 0) is 19.6 Å². The van der Waals surface area contributed by atoms with Crippen LogP contribution in [0.4, 0.5) is 0 Å². The first kappa shape index (κ1) is 21.3. The zero-order valence-electron chi connectivity index (χ0n) is 17.7. The summed E-state index contributed by atoms with van der Waals surface area (Å²) in [5.41, 5.74) is 0. The van der Waals surface area contributed by atoms with Crippen molar-refractivity contribution in [3.63, 3.8) is 0 Å². The number of fused-ring (bicyclic) bond motifs is 1. The number of piperidine rings is 1. The van der Waals surface area contributed by atoms with E-state index in [1.54, 1.807) is 12.1 Å². The van der Waals surface area contributed by atoms with Gasteiger partial charge in [-0.05, 0) is 41.7 Å². The van der Waals surface area contributed by atoms with Gasteiger partial charge in [-0.25, -0.2) is 8.42 Å². The summed E-state index contributed by atoms with van der Waals surface area (Å²) in [5, 5.41) is 1.93. The van der Waals surface area contributed by atoms with Crippen LogP contribution in [0.15, 0.2) is 47.4 Å². The average Bonchev–Trinajstić information content (AvgIpc) is 2.78. The van der Waals surface area contributed by atoms with Crippen molar-refractivity contribution in [2.24, 2.45) is 11.8 Å². The Hall–Kier alpha value is -1.96. The smallest absolute Gasteiger partial charge is 0.243 e. The van der Waals surface area contributed by atoms with Crippen LogP contribution in [0.3, 0.4) is 0 Å². The molecule has 162 valence electrons. The highest BCUT2D eigenvalue weighted by molar-refractivity contribution is 7.89. The second-order valence-corrected chi connectivity index (χ2v) is 10.6. The quantitative estimate of drug-likeness (QED) is 0.748. The van der Waals surface area contributed by atoms with Crippen LogP contribution in [0, 0.1) is 11.8 Å². The largest absolute Gasteiger partial charge is 0.374 e. The first-order valence-corrected chi connectivity index (χ1v) is 12.2. The van der Waals surface area contributed by atoms with Gasteiger partial charge in [-0.3, -0.25) is 4.79 Å². The van der Waals surface area contributed by atoms with Crippen LogP contribution in [-0.4, -0.2) is 62.4 Å². The van der Waals surface area contributed by atoms with Crippen molar-refractivity contribution in [3.05, 3.63) is 42.5 Å². The number of rotatable bonds is 4. The predicted molar refractivity (Wildman–Crippen MR) is 117 cm³/mol. The van der Waals surface area contributed by atoms with Gasteiger partial charge in [0.25, 0.3) is 0 Å². The number of amides is 1. The van der Waals surface area contributed by atoms with Gasteiger partial charge in [0.1, 0.15) is 0 Å². The number of nitrogens with zero attached hydrogens (tertiary/aromatic N) is 2. The highest BCUT2D eigenvalue weighted by Crippen LogP contribution is 2.28. The Balaban J connectivity index is 1.41. The van der Waals surface area contributed by atoms with Crippen molar-refractivity contribution in [2.75, 3.05) is 32.8 Å². The Morgan fingerprint density at radius 3 is 2.43 bits per heavy atom. The maximum atomic E-state index is 13.1. The third-order valence-corrected chi connectivity index (χ3v) is 8.21. The van der Waals surface area contributed by atoms with Gasteiger partial charge < -0.3 is 9.64 Å². The van der Waals surface area contributed by atoms with E-state index in [1.807, 2.05) is 35.2 Å². The SMILES string of the molecule is CC(C)C1CN(C(=O)C2CCN(S(=O)(=O)c3ccc4ccccc4c3)CC2)CCO1. The third kappa shape index (κ3) is 4.24. The van der Waals surface area contributed by atoms with Crippen molar-refractivity contribution in [2.45, 2.75) is 37.7 Å². The minimum Gasteiger partial charge on any atom is -0.374 e. The standard InChI is InChI=1S/C23H30N2O4S/c1-17(2)22-16-24(13-14-29-22)23(26)19-9-11-25(12-10-19)30(27,28)21-8-7-18-5-3-4-6-20(18)15-21/h3-8,15,17,19,22H,9-14,16H2,1-2H3. The molecular formula is C23H30N2O4S. The fourth-order valence-corrected chi connectivity index (χ4v) is 5.86. The lowest BCUT2D eigenvalue weighted by Gasteiger charge is -2.38. The number of benzene rings is 2. The van der Waals surface area contributed by atoms with E-state index in [0.717, 1.165) is 10.8 Å². The lowest BCUT2D eigenvalue weighted by atomic mass is 9.95. The fraction of sp³-hybridized carbons (Fsp3) is 0.522. The van der Waals surface area contributed by atoms with Gasteiger partial charge in [-0.15, -0.1) is 0 Å². The molecule has 2 aliphatic heterocycles. The second kappa shape index (κ2) is 8.65. The molecule has 2 fully saturated rings. The third-order valence-electron chi connectivity index (χ3n) is 6.31. The van der Waals surface area contributed by atoms with E-state index in [-0.39, 0.29) is 17.9 Å². The Kier molecular flexibility index (Phi) is 6.14. The zero-order valence-corrected chi connectivity index (χ0v) is 18.5. The molecule has 0 aliphatic carbocycles. The fourth-order valence-electron chi connectivity index (χ4n) is 4.36. The van der Waals surface area contributed by atoms with E-state index in [2.05, 4.69) is 13.8 Å². The van der Waals surface area contributed by atoms with Crippen LogP contribution < -0.4 is 0 Å². The minimum atomic E-state index is -3.56. The van der Waals surface area contributed by atoms with Crippen LogP contribution >= 0.6 is 0 Å². The Labute approximate surface area is 178 Å². The molecule has 0 aromatic heterocycles. The predicted octanol–water partition coefficient (Wildman–Crippen LogP) is 3.12. The van der Waals surface area contributed by atoms with Crippen LogP contribution in [0.2, 0.25) is 0 Å². The Morgan fingerprint density at radius 1 is 1.03 bits per heavy atom. The normalized spacial score (nSPS) is 22.0. The van der Waals surface area contributed by atoms with Gasteiger partial charge >= 0.3 is 0 Å². The molecule has 0 spiro atoms. The summed E-state index contributed by atoms with van der Waals surface area (Å²) in [6.07, 6.45) is 1.21. The lowest BCUT2D eigenvalue weighted by Crippen LogP contribution is -2.51. The molecule has 2 aromatic rings. The molecule has 2 aliphatic rings. The molecule has 0 N–H and O–H groups in total. The maximum Gasteiger partial charge on any atom is 0.243 e. The number of hydrogen-bond donors (Lipinski definition) is 0. The van der Waals surface area contributed by atoms with E-state index in [0.29, 0.717) is 56.4 Å². The maximum absolute atomic E-state index is 13.1. The van der Waals surface area contributed by atoms with Crippen LogP contribution in [0.1, 0.15) is 26.7 Å². The number of ether oxygens (including phenoxy) is 1. The molecule has 0 bridgehead atoms. The van der Waals surface area contributed by atoms with Crippen LogP contribution in [0.5, 0.6) is 0 Å². The molecule has 6 nitrogen and oxygen atoms in total. The first-order chi connectivity index (χ1) is 14.4. The topological polar surface area (TPSA) is 66.9 Å². The molecule has 2 saturated heterocycles. The van der Waals surface area contributed by atoms with E-state index in [4.69, 9.17) is 4.74 Å². The van der Waals surface area contributed by atoms with Gasteiger partial charge in [0.05, 0.1) is 17.6 Å². The molecule has 1 atom stereocenters. The van der Waals surface area contributed by atoms with Gasteiger partial charge in [-0.2, -0.15) is 4.31 Å². The van der Waals surface area contributed by atoms with Crippen molar-refractivity contribution in [1.82, 2.24) is 9.21 Å². The van der Waals surface area contributed by atoms with Crippen molar-refractivity contribution < 1.29 is 17.9 Å². The first-order valence-electron chi connectivity index (χ1n) is 10.8. The molecular weight excluding hydrogens is 400 g/mol. The average molecular weight is 431 g/mol. The molecule has 4 rings (SSSR count). The van der Waals surface area contributed by atoms with E-state index in [1.165, 1.54) is 4.31 Å². The Morgan fingerprint density at radius 2 is 1.73 bits per heavy atom. The summed E-state index contributed by atoms with van der Waals surface area (Å²) in [5.74, 6) is 0.403. The molecule has 7 heteroatoms. The summed E-state index contributed by atoms with van der Waals surface area (Å²) in [6, 6.07) is 13.0. The summed E-state index contributed by atoms with van der Waals surface area (Å²) in [7, 11) is -3.56. The van der Waals surface area contributed by atoms with E-state index >= 15 is 0 Å². The minimum absolute atomic E-state index is 0.0797. The van der Waals surface area contributed by atoms with Crippen molar-refractivity contribution in [3.8, 4) is 0 Å². The number of morpholine rings is 1.